The lowest BCUT2D eigenvalue weighted by Crippen LogP contribution is -2.28. The molecule has 6 nitrogen and oxygen atoms in total. The first kappa shape index (κ1) is 20.3. The van der Waals surface area contributed by atoms with Gasteiger partial charge < -0.3 is 0 Å². The summed E-state index contributed by atoms with van der Waals surface area (Å²) >= 11 is 11.9. The SMILES string of the molecule is O=S(=O)(Nc1ccc(Cl)c(S(=O)(=O)N2CCCC2)c1)c1cc(F)ccc1Cl. The third-order valence-electron chi connectivity index (χ3n) is 4.05. The van der Waals surface area contributed by atoms with Crippen molar-refractivity contribution in [2.75, 3.05) is 17.8 Å². The smallest absolute Gasteiger partial charge is 0.263 e. The highest BCUT2D eigenvalue weighted by atomic mass is 35.5. The maximum Gasteiger partial charge on any atom is 0.263 e. The van der Waals surface area contributed by atoms with Gasteiger partial charge in [0, 0.05) is 13.1 Å². The van der Waals surface area contributed by atoms with Gasteiger partial charge in [-0.15, -0.1) is 0 Å². The molecule has 1 aliphatic heterocycles. The molecule has 0 radical (unpaired) electrons. The number of hydrogen-bond donors (Lipinski definition) is 1. The first-order valence-corrected chi connectivity index (χ1v) is 11.6. The number of halogens is 3. The average molecular weight is 453 g/mol. The van der Waals surface area contributed by atoms with Crippen molar-refractivity contribution in [2.24, 2.45) is 0 Å². The lowest BCUT2D eigenvalue weighted by molar-refractivity contribution is 0.477. The van der Waals surface area contributed by atoms with Gasteiger partial charge in [0.2, 0.25) is 10.0 Å². The molecule has 0 bridgehead atoms. The van der Waals surface area contributed by atoms with Crippen molar-refractivity contribution >= 4 is 48.9 Å². The standard InChI is InChI=1S/C16H15Cl2FN2O4S2/c17-13-5-3-11(19)9-15(13)26(22,23)20-12-4-6-14(18)16(10-12)27(24,25)21-7-1-2-8-21/h3-6,9-10,20H,1-2,7-8H2. The van der Waals surface area contributed by atoms with E-state index in [1.807, 2.05) is 0 Å². The minimum Gasteiger partial charge on any atom is -0.280 e. The van der Waals surface area contributed by atoms with E-state index in [0.717, 1.165) is 37.1 Å². The monoisotopic (exact) mass is 452 g/mol. The Hall–Kier alpha value is -1.39. The molecule has 2 aromatic carbocycles. The van der Waals surface area contributed by atoms with Crippen LogP contribution in [0.2, 0.25) is 10.0 Å². The van der Waals surface area contributed by atoms with Crippen molar-refractivity contribution in [1.29, 1.82) is 0 Å². The predicted molar refractivity (Wildman–Crippen MR) is 102 cm³/mol. The number of anilines is 1. The zero-order chi connectivity index (χ0) is 19.8. The summed E-state index contributed by atoms with van der Waals surface area (Å²) in [4.78, 5) is -0.653. The summed E-state index contributed by atoms with van der Waals surface area (Å²) in [5.74, 6) is -0.770. The van der Waals surface area contributed by atoms with Crippen molar-refractivity contribution in [3.8, 4) is 0 Å². The Balaban J connectivity index is 1.98. The molecule has 1 N–H and O–H groups in total. The van der Waals surface area contributed by atoms with Gasteiger partial charge in [0.15, 0.2) is 0 Å². The minimum absolute atomic E-state index is 0.0198. The second-order valence-corrected chi connectivity index (χ2v) is 10.3. The molecule has 2 aromatic rings. The van der Waals surface area contributed by atoms with Crippen LogP contribution in [-0.4, -0.2) is 34.2 Å². The average Bonchev–Trinajstić information content (AvgIpc) is 3.14. The zero-order valence-corrected chi connectivity index (χ0v) is 17.0. The van der Waals surface area contributed by atoms with Gasteiger partial charge in [0.05, 0.1) is 15.7 Å². The summed E-state index contributed by atoms with van der Waals surface area (Å²) in [6.07, 6.45) is 1.50. The van der Waals surface area contributed by atoms with Gasteiger partial charge in [0.25, 0.3) is 10.0 Å². The van der Waals surface area contributed by atoms with Crippen LogP contribution in [-0.2, 0) is 20.0 Å². The van der Waals surface area contributed by atoms with E-state index in [-0.39, 0.29) is 20.6 Å². The van der Waals surface area contributed by atoms with Crippen molar-refractivity contribution in [2.45, 2.75) is 22.6 Å². The van der Waals surface area contributed by atoms with Crippen LogP contribution in [0.4, 0.5) is 10.1 Å². The lowest BCUT2D eigenvalue weighted by atomic mass is 10.3. The zero-order valence-electron chi connectivity index (χ0n) is 13.8. The highest BCUT2D eigenvalue weighted by Crippen LogP contribution is 2.31. The second kappa shape index (κ2) is 7.56. The highest BCUT2D eigenvalue weighted by molar-refractivity contribution is 7.93. The summed E-state index contributed by atoms with van der Waals surface area (Å²) in [6.45, 7) is 0.765. The van der Waals surface area contributed by atoms with Gasteiger partial charge in [-0.1, -0.05) is 23.2 Å². The summed E-state index contributed by atoms with van der Waals surface area (Å²) in [7, 11) is -8.08. The normalized spacial score (nSPS) is 15.8. The van der Waals surface area contributed by atoms with Crippen LogP contribution in [0.3, 0.4) is 0 Å². The molecule has 1 saturated heterocycles. The fourth-order valence-corrected chi connectivity index (χ4v) is 6.30. The largest absolute Gasteiger partial charge is 0.280 e. The molecule has 0 aromatic heterocycles. The second-order valence-electron chi connectivity index (χ2n) is 5.94. The molecule has 0 aliphatic carbocycles. The first-order chi connectivity index (χ1) is 12.6. The number of sulfonamides is 2. The molecule has 0 spiro atoms. The van der Waals surface area contributed by atoms with E-state index in [2.05, 4.69) is 4.72 Å². The van der Waals surface area contributed by atoms with Gasteiger partial charge in [-0.3, -0.25) is 4.72 Å². The summed E-state index contributed by atoms with van der Waals surface area (Å²) < 4.78 is 67.4. The van der Waals surface area contributed by atoms with E-state index in [9.17, 15) is 21.2 Å². The van der Waals surface area contributed by atoms with Gasteiger partial charge in [-0.2, -0.15) is 4.31 Å². The van der Waals surface area contributed by atoms with E-state index in [1.165, 1.54) is 16.4 Å². The molecule has 146 valence electrons. The minimum atomic E-state index is -4.23. The van der Waals surface area contributed by atoms with E-state index >= 15 is 0 Å². The Kier molecular flexibility index (Phi) is 5.69. The topological polar surface area (TPSA) is 83.5 Å². The third kappa shape index (κ3) is 4.22. The van der Waals surface area contributed by atoms with E-state index in [1.54, 1.807) is 0 Å². The Labute approximate surface area is 167 Å². The molecule has 0 unspecified atom stereocenters. The quantitative estimate of drug-likeness (QED) is 0.748. The van der Waals surface area contributed by atoms with Crippen LogP contribution in [0.25, 0.3) is 0 Å². The van der Waals surface area contributed by atoms with Crippen LogP contribution >= 0.6 is 23.2 Å². The summed E-state index contributed by atoms with van der Waals surface area (Å²) in [6, 6.07) is 6.68. The molecule has 1 aliphatic rings. The fraction of sp³-hybridized carbons (Fsp3) is 0.250. The summed E-state index contributed by atoms with van der Waals surface area (Å²) in [5, 5.41) is -0.184. The highest BCUT2D eigenvalue weighted by Gasteiger charge is 2.30. The number of rotatable bonds is 5. The molecule has 0 saturated carbocycles. The number of hydrogen-bond acceptors (Lipinski definition) is 4. The Morgan fingerprint density at radius 3 is 2.15 bits per heavy atom. The third-order valence-corrected chi connectivity index (χ3v) is 8.29. The van der Waals surface area contributed by atoms with Crippen molar-refractivity contribution in [3.63, 3.8) is 0 Å². The summed E-state index contributed by atoms with van der Waals surface area (Å²) in [5.41, 5.74) is -0.0301. The van der Waals surface area contributed by atoms with Gasteiger partial charge in [0.1, 0.15) is 15.6 Å². The molecule has 0 atom stereocenters. The first-order valence-electron chi connectivity index (χ1n) is 7.89. The maximum absolute atomic E-state index is 13.4. The molecule has 3 rings (SSSR count). The Bertz CT molecular complexity index is 1090. The predicted octanol–water partition coefficient (Wildman–Crippen LogP) is 3.72. The van der Waals surface area contributed by atoms with Gasteiger partial charge in [-0.05, 0) is 49.2 Å². The molecule has 11 heteroatoms. The molecular formula is C16H15Cl2FN2O4S2. The van der Waals surface area contributed by atoms with Crippen LogP contribution in [0.15, 0.2) is 46.2 Å². The molecule has 27 heavy (non-hydrogen) atoms. The van der Waals surface area contributed by atoms with Gasteiger partial charge >= 0.3 is 0 Å². The van der Waals surface area contributed by atoms with Crippen molar-refractivity contribution in [1.82, 2.24) is 4.31 Å². The Morgan fingerprint density at radius 1 is 0.889 bits per heavy atom. The molecular weight excluding hydrogens is 438 g/mol. The molecule has 1 heterocycles. The molecule has 1 fully saturated rings. The maximum atomic E-state index is 13.4. The van der Waals surface area contributed by atoms with Crippen LogP contribution in [0, 0.1) is 5.82 Å². The van der Waals surface area contributed by atoms with Crippen LogP contribution in [0.1, 0.15) is 12.8 Å². The van der Waals surface area contributed by atoms with Crippen LogP contribution in [0.5, 0.6) is 0 Å². The Morgan fingerprint density at radius 2 is 1.48 bits per heavy atom. The number of nitrogens with zero attached hydrogens (tertiary/aromatic N) is 1. The fourth-order valence-electron chi connectivity index (χ4n) is 2.73. The van der Waals surface area contributed by atoms with E-state index < -0.39 is 30.8 Å². The lowest BCUT2D eigenvalue weighted by Gasteiger charge is -2.17. The molecule has 0 amide bonds. The number of nitrogens with one attached hydrogen (secondary N) is 1. The van der Waals surface area contributed by atoms with E-state index in [0.29, 0.717) is 13.1 Å². The van der Waals surface area contributed by atoms with E-state index in [4.69, 9.17) is 23.2 Å². The van der Waals surface area contributed by atoms with Crippen molar-refractivity contribution in [3.05, 3.63) is 52.3 Å². The van der Waals surface area contributed by atoms with Crippen molar-refractivity contribution < 1.29 is 21.2 Å². The number of benzene rings is 2. The van der Waals surface area contributed by atoms with Crippen LogP contribution < -0.4 is 4.72 Å². The van der Waals surface area contributed by atoms with Gasteiger partial charge in [-0.25, -0.2) is 21.2 Å².